The average Bonchev–Trinajstić information content (AvgIpc) is 4.03. The van der Waals surface area contributed by atoms with Crippen LogP contribution in [-0.2, 0) is 0 Å². The molecule has 11 rings (SSSR count). The highest BCUT2D eigenvalue weighted by atomic mass is 15.1. The number of para-hydroxylation sites is 4. The number of anilines is 3. The minimum atomic E-state index is 0.356. The van der Waals surface area contributed by atoms with E-state index in [0.717, 1.165) is 51.0 Å². The van der Waals surface area contributed by atoms with E-state index in [1.54, 1.807) is 0 Å². The van der Waals surface area contributed by atoms with Gasteiger partial charge in [-0.05, 0) is 102 Å². The molecule has 0 aliphatic heterocycles. The third-order valence-electron chi connectivity index (χ3n) is 12.3. The van der Waals surface area contributed by atoms with Crippen LogP contribution in [0.5, 0.6) is 0 Å². The fourth-order valence-electron chi connectivity index (χ4n) is 9.58. The average molecular weight is 803 g/mol. The molecule has 4 heterocycles. The van der Waals surface area contributed by atoms with Crippen molar-refractivity contribution in [3.05, 3.63) is 206 Å². The zero-order chi connectivity index (χ0) is 41.9. The lowest BCUT2D eigenvalue weighted by Gasteiger charge is -2.26. The molecule has 0 bridgehead atoms. The van der Waals surface area contributed by atoms with Gasteiger partial charge in [-0.25, -0.2) is 9.97 Å². The second-order valence-corrected chi connectivity index (χ2v) is 16.7. The zero-order valence-corrected chi connectivity index (χ0v) is 35.3. The van der Waals surface area contributed by atoms with E-state index >= 15 is 0 Å². The molecule has 0 aliphatic rings. The summed E-state index contributed by atoms with van der Waals surface area (Å²) < 4.78 is 7.02. The SMILES string of the molecule is CC(C)c1cccc(C(C)C)c1-n1ccnc1-c1cccc(N(c2ccccc2)c2ccc3c4c5c6ccccc6n(-c6ccccc6)c5ccc4n(-c4ccccn4)c3c2)c1. The number of hydrogen-bond donors (Lipinski definition) is 0. The number of pyridine rings is 1. The van der Waals surface area contributed by atoms with Crippen LogP contribution in [0.25, 0.3) is 72.2 Å². The summed E-state index contributed by atoms with van der Waals surface area (Å²) in [5, 5.41) is 4.84. The van der Waals surface area contributed by atoms with E-state index < -0.39 is 0 Å². The Hall–Kier alpha value is -7.70. The lowest BCUT2D eigenvalue weighted by atomic mass is 9.92. The van der Waals surface area contributed by atoms with E-state index in [2.05, 4.69) is 222 Å². The van der Waals surface area contributed by atoms with Crippen molar-refractivity contribution < 1.29 is 0 Å². The van der Waals surface area contributed by atoms with Gasteiger partial charge in [-0.3, -0.25) is 9.13 Å². The highest BCUT2D eigenvalue weighted by Gasteiger charge is 2.24. The molecule has 0 aliphatic carbocycles. The van der Waals surface area contributed by atoms with Crippen molar-refractivity contribution in [2.45, 2.75) is 39.5 Å². The number of nitrogens with zero attached hydrogens (tertiary/aromatic N) is 6. The molecular weight excluding hydrogens is 757 g/mol. The van der Waals surface area contributed by atoms with E-state index in [1.165, 1.54) is 49.4 Å². The second kappa shape index (κ2) is 15.1. The van der Waals surface area contributed by atoms with Gasteiger partial charge in [0, 0.05) is 68.4 Å². The van der Waals surface area contributed by atoms with Gasteiger partial charge in [0.15, 0.2) is 0 Å². The molecule has 11 aromatic rings. The van der Waals surface area contributed by atoms with Crippen LogP contribution < -0.4 is 4.90 Å². The van der Waals surface area contributed by atoms with Crippen LogP contribution in [-0.4, -0.2) is 23.7 Å². The van der Waals surface area contributed by atoms with E-state index in [1.807, 2.05) is 18.5 Å². The second-order valence-electron chi connectivity index (χ2n) is 16.7. The Bertz CT molecular complexity index is 3380. The van der Waals surface area contributed by atoms with Crippen molar-refractivity contribution in [2.75, 3.05) is 4.90 Å². The molecule has 0 radical (unpaired) electrons. The highest BCUT2D eigenvalue weighted by molar-refractivity contribution is 6.29. The normalized spacial score (nSPS) is 11.8. The predicted octanol–water partition coefficient (Wildman–Crippen LogP) is 14.8. The number of fused-ring (bicyclic) bond motifs is 7. The molecule has 6 nitrogen and oxygen atoms in total. The molecule has 0 N–H and O–H groups in total. The van der Waals surface area contributed by atoms with Gasteiger partial charge in [0.05, 0.1) is 27.8 Å². The first-order valence-electron chi connectivity index (χ1n) is 21.6. The number of rotatable bonds is 9. The smallest absolute Gasteiger partial charge is 0.144 e. The van der Waals surface area contributed by atoms with Gasteiger partial charge >= 0.3 is 0 Å². The summed E-state index contributed by atoms with van der Waals surface area (Å²) in [6, 6.07) is 63.2. The van der Waals surface area contributed by atoms with Crippen molar-refractivity contribution in [1.82, 2.24) is 23.7 Å². The molecule has 0 saturated heterocycles. The third-order valence-corrected chi connectivity index (χ3v) is 12.3. The minimum absolute atomic E-state index is 0.356. The molecule has 7 aromatic carbocycles. The van der Waals surface area contributed by atoms with Gasteiger partial charge in [0.25, 0.3) is 0 Å². The lowest BCUT2D eigenvalue weighted by molar-refractivity contribution is 0.807. The summed E-state index contributed by atoms with van der Waals surface area (Å²) in [7, 11) is 0. The minimum Gasteiger partial charge on any atom is -0.310 e. The topological polar surface area (TPSA) is 43.8 Å². The summed E-state index contributed by atoms with van der Waals surface area (Å²) in [5.74, 6) is 2.50. The van der Waals surface area contributed by atoms with Gasteiger partial charge in [-0.2, -0.15) is 0 Å². The van der Waals surface area contributed by atoms with Gasteiger partial charge < -0.3 is 9.47 Å². The summed E-state index contributed by atoms with van der Waals surface area (Å²) in [6.07, 6.45) is 5.92. The number of imidazole rings is 1. The maximum Gasteiger partial charge on any atom is 0.144 e. The molecule has 0 fully saturated rings. The lowest BCUT2D eigenvalue weighted by Crippen LogP contribution is -2.11. The fourth-order valence-corrected chi connectivity index (χ4v) is 9.58. The van der Waals surface area contributed by atoms with Crippen LogP contribution in [0.15, 0.2) is 195 Å². The van der Waals surface area contributed by atoms with Crippen molar-refractivity contribution in [3.63, 3.8) is 0 Å². The zero-order valence-electron chi connectivity index (χ0n) is 35.3. The van der Waals surface area contributed by atoms with E-state index in [4.69, 9.17) is 9.97 Å². The Kier molecular flexibility index (Phi) is 9.08. The first kappa shape index (κ1) is 37.3. The van der Waals surface area contributed by atoms with Crippen LogP contribution in [0.4, 0.5) is 17.1 Å². The van der Waals surface area contributed by atoms with Gasteiger partial charge in [0.2, 0.25) is 0 Å². The monoisotopic (exact) mass is 802 g/mol. The number of benzene rings is 7. The Morgan fingerprint density at radius 2 is 1.08 bits per heavy atom. The molecule has 0 saturated carbocycles. The Balaban J connectivity index is 1.14. The van der Waals surface area contributed by atoms with Crippen LogP contribution in [0, 0.1) is 0 Å². The van der Waals surface area contributed by atoms with Gasteiger partial charge in [-0.15, -0.1) is 0 Å². The Morgan fingerprint density at radius 1 is 0.452 bits per heavy atom. The largest absolute Gasteiger partial charge is 0.310 e. The van der Waals surface area contributed by atoms with Gasteiger partial charge in [0.1, 0.15) is 11.6 Å². The quantitative estimate of drug-likeness (QED) is 0.146. The third kappa shape index (κ3) is 6.01. The Morgan fingerprint density at radius 3 is 1.81 bits per heavy atom. The molecule has 0 atom stereocenters. The molecule has 300 valence electrons. The van der Waals surface area contributed by atoms with Crippen molar-refractivity contribution in [1.29, 1.82) is 0 Å². The predicted molar refractivity (Wildman–Crippen MR) is 258 cm³/mol. The molecule has 0 spiro atoms. The van der Waals surface area contributed by atoms with Crippen LogP contribution in [0.1, 0.15) is 50.7 Å². The molecule has 0 unspecified atom stereocenters. The summed E-state index contributed by atoms with van der Waals surface area (Å²) in [4.78, 5) is 12.3. The maximum atomic E-state index is 5.02. The number of aromatic nitrogens is 5. The highest BCUT2D eigenvalue weighted by Crippen LogP contribution is 2.45. The molecule has 6 heteroatoms. The van der Waals surface area contributed by atoms with E-state index in [-0.39, 0.29) is 0 Å². The van der Waals surface area contributed by atoms with E-state index in [0.29, 0.717) is 11.8 Å². The maximum absolute atomic E-state index is 5.02. The fraction of sp³-hybridized carbons (Fsp3) is 0.107. The van der Waals surface area contributed by atoms with E-state index in [9.17, 15) is 0 Å². The van der Waals surface area contributed by atoms with Gasteiger partial charge in [-0.1, -0.05) is 125 Å². The van der Waals surface area contributed by atoms with Crippen molar-refractivity contribution in [3.8, 4) is 28.6 Å². The van der Waals surface area contributed by atoms with Crippen molar-refractivity contribution >= 4 is 60.7 Å². The van der Waals surface area contributed by atoms with Crippen molar-refractivity contribution in [2.24, 2.45) is 0 Å². The molecule has 4 aromatic heterocycles. The van der Waals surface area contributed by atoms with Crippen LogP contribution in [0.3, 0.4) is 0 Å². The number of hydrogen-bond acceptors (Lipinski definition) is 3. The van der Waals surface area contributed by atoms with Crippen LogP contribution in [0.2, 0.25) is 0 Å². The van der Waals surface area contributed by atoms with Crippen LogP contribution >= 0.6 is 0 Å². The summed E-state index contributed by atoms with van der Waals surface area (Å²) in [5.41, 5.74) is 13.7. The standard InChI is InChI=1S/C56H46N6/c1-37(2)44-24-16-25-45(38(3)4)55(44)59-34-33-58-56(59)39-17-15-22-42(35-39)60(40-18-7-5-8-19-40)43-28-29-47-51(36-43)62(52-27-13-14-32-57-52)50-31-30-49-53(54(47)50)46-23-11-12-26-48(46)61(49)41-20-9-6-10-21-41/h5-38H,1-4H3. The summed E-state index contributed by atoms with van der Waals surface area (Å²) >= 11 is 0. The first-order chi connectivity index (χ1) is 30.5. The summed E-state index contributed by atoms with van der Waals surface area (Å²) in [6.45, 7) is 9.09. The Labute approximate surface area is 361 Å². The molecular formula is C56H46N6. The molecule has 0 amide bonds. The first-order valence-corrected chi connectivity index (χ1v) is 21.6. The molecule has 62 heavy (non-hydrogen) atoms.